The highest BCUT2D eigenvalue weighted by Gasteiger charge is 2.13. The highest BCUT2D eigenvalue weighted by Crippen LogP contribution is 2.29. The number of benzene rings is 1. The van der Waals surface area contributed by atoms with Gasteiger partial charge < -0.3 is 10.8 Å². The summed E-state index contributed by atoms with van der Waals surface area (Å²) in [5.41, 5.74) is 7.86. The second-order valence-electron chi connectivity index (χ2n) is 3.40. The lowest BCUT2D eigenvalue weighted by molar-refractivity contribution is 0.277. The Kier molecular flexibility index (Phi) is 3.04. The summed E-state index contributed by atoms with van der Waals surface area (Å²) >= 11 is 3.40. The van der Waals surface area contributed by atoms with E-state index in [1.54, 1.807) is 0 Å². The lowest BCUT2D eigenvalue weighted by Gasteiger charge is -2.11. The van der Waals surface area contributed by atoms with Gasteiger partial charge in [0.1, 0.15) is 4.60 Å². The molecule has 0 aliphatic heterocycles. The van der Waals surface area contributed by atoms with E-state index in [1.165, 1.54) is 0 Å². The van der Waals surface area contributed by atoms with E-state index in [0.717, 1.165) is 21.1 Å². The van der Waals surface area contributed by atoms with Crippen molar-refractivity contribution >= 4 is 26.8 Å². The minimum Gasteiger partial charge on any atom is -0.396 e. The molecule has 0 amide bonds. The maximum atomic E-state index is 8.87. The van der Waals surface area contributed by atoms with E-state index in [1.807, 2.05) is 18.2 Å². The van der Waals surface area contributed by atoms with E-state index in [2.05, 4.69) is 26.1 Å². The first-order valence-corrected chi connectivity index (χ1v) is 5.52. The molecule has 0 saturated carbocycles. The zero-order valence-electron chi connectivity index (χ0n) is 8.07. The molecule has 4 N–H and O–H groups in total. The number of aliphatic hydroxyl groups excluding tert-OH is 1. The minimum atomic E-state index is -0.160. The molecule has 0 spiro atoms. The van der Waals surface area contributed by atoms with Gasteiger partial charge in [0.05, 0.1) is 5.52 Å². The van der Waals surface area contributed by atoms with Gasteiger partial charge in [0.15, 0.2) is 0 Å². The summed E-state index contributed by atoms with van der Waals surface area (Å²) in [6.45, 7) is 0.0903. The predicted octanol–water partition coefficient (Wildman–Crippen LogP) is 1.71. The van der Waals surface area contributed by atoms with Gasteiger partial charge in [-0.15, -0.1) is 0 Å². The Hall–Kier alpha value is -0.910. The molecule has 0 fully saturated rings. The van der Waals surface area contributed by atoms with Gasteiger partial charge in [-0.25, -0.2) is 0 Å². The van der Waals surface area contributed by atoms with Gasteiger partial charge in [0, 0.05) is 18.0 Å². The van der Waals surface area contributed by atoms with Gasteiger partial charge >= 0.3 is 0 Å². The summed E-state index contributed by atoms with van der Waals surface area (Å²) < 4.78 is 0.835. The molecule has 0 aliphatic carbocycles. The number of nitrogens with two attached hydrogens (primary N) is 1. The molecule has 1 aromatic carbocycles. The summed E-state index contributed by atoms with van der Waals surface area (Å²) in [5, 5.41) is 16.9. The molecular weight excluding hydrogens is 258 g/mol. The molecule has 15 heavy (non-hydrogen) atoms. The maximum absolute atomic E-state index is 8.87. The molecule has 1 aromatic heterocycles. The normalized spacial score (nSPS) is 13.3. The average Bonchev–Trinajstić information content (AvgIpc) is 2.61. The van der Waals surface area contributed by atoms with Crippen molar-refractivity contribution in [3.05, 3.63) is 28.4 Å². The van der Waals surface area contributed by atoms with Gasteiger partial charge in [-0.1, -0.05) is 12.1 Å². The largest absolute Gasteiger partial charge is 0.396 e. The van der Waals surface area contributed by atoms with Gasteiger partial charge in [-0.3, -0.25) is 5.10 Å². The van der Waals surface area contributed by atoms with E-state index < -0.39 is 0 Å². The SMILES string of the molecule is NC(CCO)c1cccc2n[nH]c(Br)c12. The number of halogens is 1. The first kappa shape index (κ1) is 10.6. The van der Waals surface area contributed by atoms with Gasteiger partial charge in [0.2, 0.25) is 0 Å². The molecule has 2 rings (SSSR count). The molecule has 0 saturated heterocycles. The Morgan fingerprint density at radius 2 is 2.33 bits per heavy atom. The van der Waals surface area contributed by atoms with Crippen LogP contribution >= 0.6 is 15.9 Å². The molecule has 1 atom stereocenters. The molecule has 2 aromatic rings. The quantitative estimate of drug-likeness (QED) is 0.794. The fraction of sp³-hybridized carbons (Fsp3) is 0.300. The second kappa shape index (κ2) is 4.30. The summed E-state index contributed by atoms with van der Waals surface area (Å²) in [4.78, 5) is 0. The average molecular weight is 270 g/mol. The van der Waals surface area contributed by atoms with E-state index in [9.17, 15) is 0 Å². The monoisotopic (exact) mass is 269 g/mol. The van der Waals surface area contributed by atoms with Crippen LogP contribution in [0.1, 0.15) is 18.0 Å². The Bertz CT molecular complexity index is 469. The van der Waals surface area contributed by atoms with Crippen LogP contribution in [0, 0.1) is 0 Å². The molecule has 0 aliphatic rings. The maximum Gasteiger partial charge on any atom is 0.109 e. The number of H-pyrrole nitrogens is 1. The first-order chi connectivity index (χ1) is 7.24. The Labute approximate surface area is 95.6 Å². The lowest BCUT2D eigenvalue weighted by atomic mass is 10.0. The number of rotatable bonds is 3. The number of aromatic nitrogens is 2. The topological polar surface area (TPSA) is 74.9 Å². The van der Waals surface area contributed by atoms with Crippen LogP contribution in [0.4, 0.5) is 0 Å². The summed E-state index contributed by atoms with van der Waals surface area (Å²) in [7, 11) is 0. The van der Waals surface area contributed by atoms with Crippen molar-refractivity contribution in [2.24, 2.45) is 5.73 Å². The van der Waals surface area contributed by atoms with Crippen LogP contribution in [-0.2, 0) is 0 Å². The van der Waals surface area contributed by atoms with Crippen molar-refractivity contribution < 1.29 is 5.11 Å². The third-order valence-corrected chi connectivity index (χ3v) is 2.98. The molecule has 1 unspecified atom stereocenters. The molecular formula is C10H12BrN3O. The standard InChI is InChI=1S/C10H12BrN3O/c11-10-9-6(7(12)4-5-15)2-1-3-8(9)13-14-10/h1-3,7,15H,4-5,12H2,(H,13,14). The number of nitrogens with zero attached hydrogens (tertiary/aromatic N) is 1. The number of fused-ring (bicyclic) bond motifs is 1. The van der Waals surface area contributed by atoms with Crippen molar-refractivity contribution in [1.82, 2.24) is 10.2 Å². The van der Waals surface area contributed by atoms with E-state index >= 15 is 0 Å². The number of hydrogen-bond donors (Lipinski definition) is 3. The zero-order chi connectivity index (χ0) is 10.8. The third kappa shape index (κ3) is 1.90. The van der Waals surface area contributed by atoms with Crippen LogP contribution < -0.4 is 5.73 Å². The smallest absolute Gasteiger partial charge is 0.109 e. The lowest BCUT2D eigenvalue weighted by Crippen LogP contribution is -2.12. The van der Waals surface area contributed by atoms with Gasteiger partial charge in [0.25, 0.3) is 0 Å². The van der Waals surface area contributed by atoms with Crippen LogP contribution in [-0.4, -0.2) is 21.9 Å². The summed E-state index contributed by atoms with van der Waals surface area (Å²) in [5.74, 6) is 0. The van der Waals surface area contributed by atoms with Crippen LogP contribution in [0.15, 0.2) is 22.8 Å². The molecule has 0 radical (unpaired) electrons. The van der Waals surface area contributed by atoms with E-state index in [-0.39, 0.29) is 12.6 Å². The highest BCUT2D eigenvalue weighted by atomic mass is 79.9. The van der Waals surface area contributed by atoms with Crippen LogP contribution in [0.25, 0.3) is 10.9 Å². The fourth-order valence-corrected chi connectivity index (χ4v) is 2.18. The molecule has 1 heterocycles. The first-order valence-electron chi connectivity index (χ1n) is 4.73. The Morgan fingerprint density at radius 3 is 3.07 bits per heavy atom. The van der Waals surface area contributed by atoms with Crippen molar-refractivity contribution in [3.63, 3.8) is 0 Å². The van der Waals surface area contributed by atoms with Crippen LogP contribution in [0.2, 0.25) is 0 Å². The zero-order valence-corrected chi connectivity index (χ0v) is 9.66. The molecule has 0 bridgehead atoms. The van der Waals surface area contributed by atoms with Crippen molar-refractivity contribution in [2.75, 3.05) is 6.61 Å². The van der Waals surface area contributed by atoms with Gasteiger partial charge in [-0.05, 0) is 34.0 Å². The predicted molar refractivity (Wildman–Crippen MR) is 62.4 cm³/mol. The summed E-state index contributed by atoms with van der Waals surface area (Å²) in [6, 6.07) is 5.64. The van der Waals surface area contributed by atoms with Gasteiger partial charge in [-0.2, -0.15) is 5.10 Å². The molecule has 80 valence electrons. The van der Waals surface area contributed by atoms with Crippen LogP contribution in [0.3, 0.4) is 0 Å². The van der Waals surface area contributed by atoms with Crippen molar-refractivity contribution in [3.8, 4) is 0 Å². The number of aliphatic hydroxyl groups is 1. The fourth-order valence-electron chi connectivity index (χ4n) is 1.66. The Balaban J connectivity index is 2.54. The summed E-state index contributed by atoms with van der Waals surface area (Å²) in [6.07, 6.45) is 0.552. The number of nitrogens with one attached hydrogen (secondary N) is 1. The van der Waals surface area contributed by atoms with E-state index in [0.29, 0.717) is 6.42 Å². The number of aromatic amines is 1. The molecule has 5 heteroatoms. The number of hydrogen-bond acceptors (Lipinski definition) is 3. The highest BCUT2D eigenvalue weighted by molar-refractivity contribution is 9.10. The second-order valence-corrected chi connectivity index (χ2v) is 4.19. The Morgan fingerprint density at radius 1 is 1.53 bits per heavy atom. The van der Waals surface area contributed by atoms with Crippen LogP contribution in [0.5, 0.6) is 0 Å². The minimum absolute atomic E-state index is 0.0903. The van der Waals surface area contributed by atoms with Crippen molar-refractivity contribution in [1.29, 1.82) is 0 Å². The van der Waals surface area contributed by atoms with Crippen molar-refractivity contribution in [2.45, 2.75) is 12.5 Å². The third-order valence-electron chi connectivity index (χ3n) is 2.41. The van der Waals surface area contributed by atoms with E-state index in [4.69, 9.17) is 10.8 Å². The molecule has 4 nitrogen and oxygen atoms in total.